The van der Waals surface area contributed by atoms with Gasteiger partial charge in [0.15, 0.2) is 5.11 Å². The molecule has 3 rings (SSSR count). The summed E-state index contributed by atoms with van der Waals surface area (Å²) >= 11 is 7.17. The fourth-order valence-corrected chi connectivity index (χ4v) is 4.00. The topological polar surface area (TPSA) is 24.1 Å². The summed E-state index contributed by atoms with van der Waals surface area (Å²) in [6.07, 6.45) is 4.88. The zero-order valence-corrected chi connectivity index (χ0v) is 14.3. The molecule has 0 amide bonds. The van der Waals surface area contributed by atoms with Gasteiger partial charge in [0.1, 0.15) is 0 Å². The summed E-state index contributed by atoms with van der Waals surface area (Å²) in [5.74, 6) is 0.715. The van der Waals surface area contributed by atoms with Crippen LogP contribution < -0.4 is 10.6 Å². The summed E-state index contributed by atoms with van der Waals surface area (Å²) in [6, 6.07) is 15.6. The first-order valence-corrected chi connectivity index (χ1v) is 9.22. The molecule has 1 aromatic heterocycles. The minimum Gasteiger partial charge on any atom is -0.360 e. The van der Waals surface area contributed by atoms with Gasteiger partial charge in [-0.25, -0.2) is 0 Å². The van der Waals surface area contributed by atoms with Crippen molar-refractivity contribution >= 4 is 28.7 Å². The Labute approximate surface area is 142 Å². The van der Waals surface area contributed by atoms with Crippen molar-refractivity contribution in [3.8, 4) is 0 Å². The largest absolute Gasteiger partial charge is 0.360 e. The van der Waals surface area contributed by atoms with Gasteiger partial charge in [-0.15, -0.1) is 11.3 Å². The zero-order chi connectivity index (χ0) is 15.2. The third-order valence-corrected chi connectivity index (χ3v) is 5.48. The van der Waals surface area contributed by atoms with Crippen LogP contribution in [-0.4, -0.2) is 11.2 Å². The molecule has 0 spiro atoms. The maximum atomic E-state index is 5.41. The van der Waals surface area contributed by atoms with Gasteiger partial charge in [-0.2, -0.15) is 0 Å². The van der Waals surface area contributed by atoms with Crippen LogP contribution in [0.2, 0.25) is 0 Å². The van der Waals surface area contributed by atoms with Gasteiger partial charge < -0.3 is 10.6 Å². The van der Waals surface area contributed by atoms with E-state index in [1.54, 1.807) is 11.3 Å². The van der Waals surface area contributed by atoms with Crippen LogP contribution in [0.4, 0.5) is 0 Å². The van der Waals surface area contributed by atoms with Gasteiger partial charge in [0.25, 0.3) is 0 Å². The van der Waals surface area contributed by atoms with Crippen LogP contribution in [0.1, 0.15) is 42.0 Å². The highest BCUT2D eigenvalue weighted by atomic mass is 32.1. The quantitative estimate of drug-likeness (QED) is 0.811. The van der Waals surface area contributed by atoms with Crippen LogP contribution in [0.3, 0.4) is 0 Å². The number of thiophene rings is 1. The lowest BCUT2D eigenvalue weighted by atomic mass is 9.82. The van der Waals surface area contributed by atoms with Crippen molar-refractivity contribution < 1.29 is 0 Å². The Balaban J connectivity index is 1.41. The van der Waals surface area contributed by atoms with E-state index in [1.165, 1.54) is 36.1 Å². The van der Waals surface area contributed by atoms with Crippen molar-refractivity contribution in [1.29, 1.82) is 0 Å². The Hall–Kier alpha value is -1.39. The molecule has 0 atom stereocenters. The molecular formula is C18H22N2S2. The average Bonchev–Trinajstić information content (AvgIpc) is 3.08. The van der Waals surface area contributed by atoms with Crippen LogP contribution in [0.25, 0.3) is 0 Å². The highest BCUT2D eigenvalue weighted by Gasteiger charge is 2.22. The summed E-state index contributed by atoms with van der Waals surface area (Å²) in [6.45, 7) is 0.822. The first-order valence-electron chi connectivity index (χ1n) is 7.93. The van der Waals surface area contributed by atoms with E-state index in [2.05, 4.69) is 58.5 Å². The maximum Gasteiger partial charge on any atom is 0.166 e. The molecule has 2 N–H and O–H groups in total. The van der Waals surface area contributed by atoms with E-state index in [1.807, 2.05) is 0 Å². The molecule has 0 bridgehead atoms. The number of hydrogen-bond acceptors (Lipinski definition) is 2. The average molecular weight is 331 g/mol. The second kappa shape index (κ2) is 7.75. The van der Waals surface area contributed by atoms with Gasteiger partial charge in [-0.1, -0.05) is 36.4 Å². The standard InChI is InChI=1S/C18H22N2S2/c21-18(19-13-17-7-4-12-22-17)20-16-10-8-15(9-11-16)14-5-2-1-3-6-14/h1-7,12,15-16H,8-11,13H2,(H2,19,20,21). The van der Waals surface area contributed by atoms with Crippen molar-refractivity contribution in [3.63, 3.8) is 0 Å². The second-order valence-electron chi connectivity index (χ2n) is 5.87. The highest BCUT2D eigenvalue weighted by molar-refractivity contribution is 7.80. The van der Waals surface area contributed by atoms with E-state index in [9.17, 15) is 0 Å². The minimum absolute atomic E-state index is 0.517. The molecule has 1 aliphatic rings. The Morgan fingerprint density at radius 1 is 1.05 bits per heavy atom. The van der Waals surface area contributed by atoms with Crippen LogP contribution in [-0.2, 0) is 6.54 Å². The lowest BCUT2D eigenvalue weighted by Gasteiger charge is -2.30. The van der Waals surface area contributed by atoms with Crippen LogP contribution in [0.15, 0.2) is 47.8 Å². The number of thiocarbonyl (C=S) groups is 1. The van der Waals surface area contributed by atoms with E-state index in [0.717, 1.165) is 11.7 Å². The number of hydrogen-bond donors (Lipinski definition) is 2. The molecule has 1 fully saturated rings. The number of benzene rings is 1. The lowest BCUT2D eigenvalue weighted by Crippen LogP contribution is -2.42. The SMILES string of the molecule is S=C(NCc1cccs1)NC1CCC(c2ccccc2)CC1. The highest BCUT2D eigenvalue weighted by Crippen LogP contribution is 2.32. The zero-order valence-electron chi connectivity index (χ0n) is 12.6. The Morgan fingerprint density at radius 2 is 1.82 bits per heavy atom. The summed E-state index contributed by atoms with van der Waals surface area (Å²) in [5.41, 5.74) is 1.49. The molecule has 1 heterocycles. The molecule has 1 saturated carbocycles. The van der Waals surface area contributed by atoms with Gasteiger partial charge in [-0.05, 0) is 60.8 Å². The van der Waals surface area contributed by atoms with E-state index in [-0.39, 0.29) is 0 Å². The summed E-state index contributed by atoms with van der Waals surface area (Å²) in [7, 11) is 0. The van der Waals surface area contributed by atoms with E-state index < -0.39 is 0 Å². The van der Waals surface area contributed by atoms with Crippen LogP contribution >= 0.6 is 23.6 Å². The van der Waals surface area contributed by atoms with Gasteiger partial charge in [-0.3, -0.25) is 0 Å². The molecule has 0 aliphatic heterocycles. The molecular weight excluding hydrogens is 308 g/mol. The maximum absolute atomic E-state index is 5.41. The van der Waals surface area contributed by atoms with Gasteiger partial charge in [0, 0.05) is 10.9 Å². The van der Waals surface area contributed by atoms with E-state index >= 15 is 0 Å². The van der Waals surface area contributed by atoms with Crippen molar-refractivity contribution in [3.05, 3.63) is 58.3 Å². The predicted molar refractivity (Wildman–Crippen MR) is 98.3 cm³/mol. The van der Waals surface area contributed by atoms with Crippen LogP contribution in [0, 0.1) is 0 Å². The number of nitrogens with one attached hydrogen (secondary N) is 2. The molecule has 0 saturated heterocycles. The molecule has 1 aliphatic carbocycles. The third kappa shape index (κ3) is 4.31. The van der Waals surface area contributed by atoms with Crippen molar-refractivity contribution in [2.45, 2.75) is 44.2 Å². The van der Waals surface area contributed by atoms with Crippen molar-refractivity contribution in [2.75, 3.05) is 0 Å². The fourth-order valence-electron chi connectivity index (χ4n) is 3.11. The van der Waals surface area contributed by atoms with Gasteiger partial charge in [0.2, 0.25) is 0 Å². The fraction of sp³-hybridized carbons (Fsp3) is 0.389. The molecule has 22 heavy (non-hydrogen) atoms. The first-order chi connectivity index (χ1) is 10.8. The third-order valence-electron chi connectivity index (χ3n) is 4.34. The molecule has 116 valence electrons. The van der Waals surface area contributed by atoms with Gasteiger partial charge in [0.05, 0.1) is 6.54 Å². The number of rotatable bonds is 4. The van der Waals surface area contributed by atoms with Crippen molar-refractivity contribution in [1.82, 2.24) is 10.6 Å². The minimum atomic E-state index is 0.517. The summed E-state index contributed by atoms with van der Waals surface area (Å²) < 4.78 is 0. The lowest BCUT2D eigenvalue weighted by molar-refractivity contribution is 0.373. The van der Waals surface area contributed by atoms with E-state index in [0.29, 0.717) is 12.0 Å². The molecule has 4 heteroatoms. The second-order valence-corrected chi connectivity index (χ2v) is 7.31. The normalized spacial score (nSPS) is 21.3. The Kier molecular flexibility index (Phi) is 5.46. The molecule has 2 aromatic rings. The first kappa shape index (κ1) is 15.5. The summed E-state index contributed by atoms with van der Waals surface area (Å²) in [4.78, 5) is 1.32. The van der Waals surface area contributed by atoms with E-state index in [4.69, 9.17) is 12.2 Å². The van der Waals surface area contributed by atoms with Gasteiger partial charge >= 0.3 is 0 Å². The Bertz CT molecular complexity index is 572. The summed E-state index contributed by atoms with van der Waals surface area (Å²) in [5, 5.41) is 9.67. The van der Waals surface area contributed by atoms with Crippen molar-refractivity contribution in [2.24, 2.45) is 0 Å². The predicted octanol–water partition coefficient (Wildman–Crippen LogP) is 4.44. The Morgan fingerprint density at radius 3 is 2.50 bits per heavy atom. The monoisotopic (exact) mass is 330 g/mol. The molecule has 0 unspecified atom stereocenters. The molecule has 1 aromatic carbocycles. The molecule has 0 radical (unpaired) electrons. The smallest absolute Gasteiger partial charge is 0.166 e. The van der Waals surface area contributed by atoms with Crippen LogP contribution in [0.5, 0.6) is 0 Å². The molecule has 2 nitrogen and oxygen atoms in total.